The molecule has 5 atom stereocenters. The largest absolute Gasteiger partial charge is 0.497 e. The van der Waals surface area contributed by atoms with Gasteiger partial charge in [-0.25, -0.2) is 0 Å². The number of carbonyl (C=O) groups excluding carboxylic acids is 3. The number of nitrogens with zero attached hydrogens (tertiary/aromatic N) is 1. The van der Waals surface area contributed by atoms with Crippen LogP contribution in [0.4, 0.5) is 0 Å². The van der Waals surface area contributed by atoms with E-state index in [0.29, 0.717) is 6.54 Å². The van der Waals surface area contributed by atoms with Gasteiger partial charge in [0.2, 0.25) is 17.7 Å². The zero-order valence-electron chi connectivity index (χ0n) is 17.0. The SMILES string of the molecule is C=CCN1C(=O)[C@@H]2[C@H](C(=O)NC)[C@H]3C=C[C@@]2(O3)[C@H]1C(=O)NCc1ccc(OC)cc1. The molecule has 2 bridgehead atoms. The molecule has 4 rings (SSSR count). The average Bonchev–Trinajstić information content (AvgIpc) is 3.40. The van der Waals surface area contributed by atoms with Crippen molar-refractivity contribution in [1.82, 2.24) is 15.5 Å². The highest BCUT2D eigenvalue weighted by Crippen LogP contribution is 2.54. The van der Waals surface area contributed by atoms with Gasteiger partial charge in [0.25, 0.3) is 0 Å². The molecular formula is C22H25N3O5. The average molecular weight is 411 g/mol. The van der Waals surface area contributed by atoms with E-state index in [9.17, 15) is 14.4 Å². The lowest BCUT2D eigenvalue weighted by atomic mass is 9.74. The molecule has 2 fully saturated rings. The molecule has 1 spiro atoms. The third-order valence-electron chi connectivity index (χ3n) is 6.12. The van der Waals surface area contributed by atoms with Crippen LogP contribution in [0.2, 0.25) is 0 Å². The summed E-state index contributed by atoms with van der Waals surface area (Å²) in [5.74, 6) is -1.51. The van der Waals surface area contributed by atoms with Gasteiger partial charge in [-0.2, -0.15) is 0 Å². The van der Waals surface area contributed by atoms with Crippen LogP contribution in [0.1, 0.15) is 5.56 Å². The second-order valence-corrected chi connectivity index (χ2v) is 7.66. The van der Waals surface area contributed by atoms with Gasteiger partial charge in [0, 0.05) is 20.1 Å². The second kappa shape index (κ2) is 7.60. The maximum atomic E-state index is 13.3. The van der Waals surface area contributed by atoms with Crippen molar-refractivity contribution < 1.29 is 23.9 Å². The van der Waals surface area contributed by atoms with Gasteiger partial charge < -0.3 is 25.0 Å². The van der Waals surface area contributed by atoms with Gasteiger partial charge in [-0.1, -0.05) is 30.4 Å². The predicted molar refractivity (Wildman–Crippen MR) is 108 cm³/mol. The second-order valence-electron chi connectivity index (χ2n) is 7.66. The Hall–Kier alpha value is -3.13. The predicted octanol–water partition coefficient (Wildman–Crippen LogP) is 0.394. The van der Waals surface area contributed by atoms with Crippen LogP contribution < -0.4 is 15.4 Å². The molecule has 1 aromatic rings. The first-order valence-electron chi connectivity index (χ1n) is 9.87. The summed E-state index contributed by atoms with van der Waals surface area (Å²) in [7, 11) is 3.12. The van der Waals surface area contributed by atoms with E-state index in [-0.39, 0.29) is 24.3 Å². The topological polar surface area (TPSA) is 97.0 Å². The first-order chi connectivity index (χ1) is 14.5. The quantitative estimate of drug-likeness (QED) is 0.633. The van der Waals surface area contributed by atoms with Crippen molar-refractivity contribution >= 4 is 17.7 Å². The molecule has 158 valence electrons. The minimum Gasteiger partial charge on any atom is -0.497 e. The minimum absolute atomic E-state index is 0.194. The van der Waals surface area contributed by atoms with E-state index >= 15 is 0 Å². The van der Waals surface area contributed by atoms with E-state index < -0.39 is 29.6 Å². The smallest absolute Gasteiger partial charge is 0.246 e. The van der Waals surface area contributed by atoms with Crippen LogP contribution in [0.3, 0.4) is 0 Å². The van der Waals surface area contributed by atoms with E-state index in [4.69, 9.17) is 9.47 Å². The van der Waals surface area contributed by atoms with E-state index in [0.717, 1.165) is 11.3 Å². The van der Waals surface area contributed by atoms with Gasteiger partial charge >= 0.3 is 0 Å². The summed E-state index contributed by atoms with van der Waals surface area (Å²) in [6.45, 7) is 4.20. The molecule has 30 heavy (non-hydrogen) atoms. The molecule has 3 heterocycles. The number of methoxy groups -OCH3 is 1. The Labute approximate surface area is 174 Å². The van der Waals surface area contributed by atoms with Crippen LogP contribution >= 0.6 is 0 Å². The fourth-order valence-electron chi connectivity index (χ4n) is 4.80. The number of amides is 3. The van der Waals surface area contributed by atoms with Crippen molar-refractivity contribution in [2.24, 2.45) is 11.8 Å². The molecule has 3 aliphatic heterocycles. The van der Waals surface area contributed by atoms with E-state index in [1.54, 1.807) is 25.3 Å². The Bertz CT molecular complexity index is 912. The molecule has 0 aliphatic carbocycles. The zero-order chi connectivity index (χ0) is 21.5. The Kier molecular flexibility index (Phi) is 5.11. The number of hydrogen-bond donors (Lipinski definition) is 2. The molecule has 0 aromatic heterocycles. The third kappa shape index (κ3) is 2.90. The molecule has 0 unspecified atom stereocenters. The van der Waals surface area contributed by atoms with Gasteiger partial charge in [0.1, 0.15) is 17.4 Å². The summed E-state index contributed by atoms with van der Waals surface area (Å²) >= 11 is 0. The lowest BCUT2D eigenvalue weighted by Gasteiger charge is -2.31. The van der Waals surface area contributed by atoms with Crippen LogP contribution in [-0.4, -0.2) is 61.1 Å². The molecule has 2 N–H and O–H groups in total. The minimum atomic E-state index is -1.15. The Morgan fingerprint density at radius 1 is 1.30 bits per heavy atom. The van der Waals surface area contributed by atoms with Crippen LogP contribution in [0.5, 0.6) is 5.75 Å². The Balaban J connectivity index is 1.59. The summed E-state index contributed by atoms with van der Waals surface area (Å²) in [6.07, 6.45) is 4.62. The number of likely N-dealkylation sites (tertiary alicyclic amines) is 1. The molecule has 0 saturated carbocycles. The first-order valence-corrected chi connectivity index (χ1v) is 9.87. The number of nitrogens with one attached hydrogen (secondary N) is 2. The highest BCUT2D eigenvalue weighted by atomic mass is 16.5. The van der Waals surface area contributed by atoms with E-state index in [1.165, 1.54) is 11.9 Å². The monoisotopic (exact) mass is 411 g/mol. The number of rotatable bonds is 7. The van der Waals surface area contributed by atoms with Crippen LogP contribution in [0, 0.1) is 11.8 Å². The van der Waals surface area contributed by atoms with Gasteiger partial charge in [0.05, 0.1) is 25.0 Å². The summed E-state index contributed by atoms with van der Waals surface area (Å²) in [4.78, 5) is 40.4. The molecule has 8 heteroatoms. The fourth-order valence-corrected chi connectivity index (χ4v) is 4.80. The van der Waals surface area contributed by atoms with Crippen molar-refractivity contribution in [2.45, 2.75) is 24.3 Å². The standard InChI is InChI=1S/C22H25N3O5/c1-4-11-25-18(20(27)24-12-13-5-7-14(29-3)8-6-13)22-10-9-15(30-22)16(19(26)23-2)17(22)21(25)28/h4-10,15-18H,1,11-12H2,2-3H3,(H,23,26)(H,24,27)/t15-,16-,17+,18-,22+/m1/s1. The Morgan fingerprint density at radius 3 is 2.67 bits per heavy atom. The number of carbonyl (C=O) groups is 3. The summed E-state index contributed by atoms with van der Waals surface area (Å²) in [5.41, 5.74) is -0.250. The first kappa shape index (κ1) is 20.2. The summed E-state index contributed by atoms with van der Waals surface area (Å²) < 4.78 is 11.3. The molecule has 1 aromatic carbocycles. The van der Waals surface area contributed by atoms with Gasteiger partial charge in [-0.05, 0) is 17.7 Å². The molecule has 8 nitrogen and oxygen atoms in total. The van der Waals surface area contributed by atoms with Gasteiger partial charge in [-0.3, -0.25) is 14.4 Å². The van der Waals surface area contributed by atoms with Gasteiger partial charge in [0.15, 0.2) is 0 Å². The van der Waals surface area contributed by atoms with Crippen LogP contribution in [-0.2, 0) is 25.7 Å². The van der Waals surface area contributed by atoms with Crippen molar-refractivity contribution in [3.8, 4) is 5.75 Å². The lowest BCUT2D eigenvalue weighted by molar-refractivity contribution is -0.141. The maximum Gasteiger partial charge on any atom is 0.246 e. The maximum absolute atomic E-state index is 13.3. The highest BCUT2D eigenvalue weighted by molar-refractivity contribution is 5.99. The number of hydrogen-bond acceptors (Lipinski definition) is 5. The lowest BCUT2D eigenvalue weighted by Crippen LogP contribution is -2.54. The summed E-state index contributed by atoms with van der Waals surface area (Å²) in [6, 6.07) is 6.48. The molecule has 3 amide bonds. The highest BCUT2D eigenvalue weighted by Gasteiger charge is 2.72. The number of fused-ring (bicyclic) bond motifs is 1. The van der Waals surface area contributed by atoms with E-state index in [1.807, 2.05) is 24.3 Å². The van der Waals surface area contributed by atoms with E-state index in [2.05, 4.69) is 17.2 Å². The Morgan fingerprint density at radius 2 is 2.03 bits per heavy atom. The molecule has 3 aliphatic rings. The molecular weight excluding hydrogens is 386 g/mol. The normalized spacial score (nSPS) is 30.9. The van der Waals surface area contributed by atoms with Crippen LogP contribution in [0.25, 0.3) is 0 Å². The van der Waals surface area contributed by atoms with Crippen molar-refractivity contribution in [3.63, 3.8) is 0 Å². The summed E-state index contributed by atoms with van der Waals surface area (Å²) in [5, 5.41) is 5.53. The van der Waals surface area contributed by atoms with Crippen LogP contribution in [0.15, 0.2) is 49.1 Å². The van der Waals surface area contributed by atoms with Gasteiger partial charge in [-0.15, -0.1) is 6.58 Å². The van der Waals surface area contributed by atoms with Crippen molar-refractivity contribution in [3.05, 3.63) is 54.6 Å². The third-order valence-corrected chi connectivity index (χ3v) is 6.12. The fraction of sp³-hybridized carbons (Fsp3) is 0.409. The molecule has 0 radical (unpaired) electrons. The van der Waals surface area contributed by atoms with Crippen molar-refractivity contribution in [2.75, 3.05) is 20.7 Å². The zero-order valence-corrected chi connectivity index (χ0v) is 17.0. The number of ether oxygens (including phenoxy) is 2. The van der Waals surface area contributed by atoms with Crippen molar-refractivity contribution in [1.29, 1.82) is 0 Å². The number of benzene rings is 1. The molecule has 2 saturated heterocycles.